The maximum atomic E-state index is 12.6. The van der Waals surface area contributed by atoms with Gasteiger partial charge >= 0.3 is 0 Å². The first-order chi connectivity index (χ1) is 9.20. The van der Waals surface area contributed by atoms with Crippen LogP contribution < -0.4 is 5.73 Å². The quantitative estimate of drug-likeness (QED) is 0.852. The Labute approximate surface area is 119 Å². The summed E-state index contributed by atoms with van der Waals surface area (Å²) in [7, 11) is 0. The Bertz CT molecular complexity index is 679. The summed E-state index contributed by atoms with van der Waals surface area (Å²) in [4.78, 5) is 25.1. The number of hydrogen-bond acceptors (Lipinski definition) is 3. The van der Waals surface area contributed by atoms with Crippen molar-refractivity contribution in [2.45, 2.75) is 47.6 Å². The summed E-state index contributed by atoms with van der Waals surface area (Å²) >= 11 is 0. The molecule has 0 saturated heterocycles. The van der Waals surface area contributed by atoms with Crippen molar-refractivity contribution in [3.8, 4) is 0 Å². The van der Waals surface area contributed by atoms with Gasteiger partial charge in [0.2, 0.25) is 0 Å². The summed E-state index contributed by atoms with van der Waals surface area (Å²) in [5.74, 6) is -0.0726. The average molecular weight is 271 g/mol. The fourth-order valence-electron chi connectivity index (χ4n) is 3.15. The SMILES string of the molecule is CC1=C(C)C(=O)c2c(C)c(C(C)N)c(C)c(C)c2C1=O. The van der Waals surface area contributed by atoms with Crippen molar-refractivity contribution >= 4 is 11.6 Å². The summed E-state index contributed by atoms with van der Waals surface area (Å²) in [6, 6.07) is -0.158. The zero-order chi connectivity index (χ0) is 15.4. The van der Waals surface area contributed by atoms with Crippen LogP contribution in [0.5, 0.6) is 0 Å². The molecule has 0 aliphatic heterocycles. The molecule has 0 amide bonds. The molecule has 1 atom stereocenters. The minimum Gasteiger partial charge on any atom is -0.324 e. The van der Waals surface area contributed by atoms with Gasteiger partial charge in [0.05, 0.1) is 0 Å². The first kappa shape index (κ1) is 14.7. The number of fused-ring (bicyclic) bond motifs is 1. The molecule has 1 aliphatic rings. The molecule has 0 saturated carbocycles. The third kappa shape index (κ3) is 1.77. The molecule has 0 spiro atoms. The van der Waals surface area contributed by atoms with Crippen LogP contribution in [0.2, 0.25) is 0 Å². The lowest BCUT2D eigenvalue weighted by molar-refractivity contribution is 0.0973. The molecule has 1 aliphatic carbocycles. The molecule has 0 aromatic heterocycles. The van der Waals surface area contributed by atoms with Crippen LogP contribution in [0.4, 0.5) is 0 Å². The highest BCUT2D eigenvalue weighted by molar-refractivity contribution is 6.27. The van der Waals surface area contributed by atoms with Gasteiger partial charge in [0, 0.05) is 28.3 Å². The van der Waals surface area contributed by atoms with Crippen LogP contribution >= 0.6 is 0 Å². The van der Waals surface area contributed by atoms with Gasteiger partial charge in [0.15, 0.2) is 11.6 Å². The van der Waals surface area contributed by atoms with Gasteiger partial charge in [-0.3, -0.25) is 9.59 Å². The number of Topliss-reactive ketones (excluding diaryl/α,β-unsaturated/α-hetero) is 2. The number of allylic oxidation sites excluding steroid dienone is 2. The van der Waals surface area contributed by atoms with Crippen molar-refractivity contribution in [2.24, 2.45) is 5.73 Å². The van der Waals surface area contributed by atoms with Gasteiger partial charge in [-0.1, -0.05) is 0 Å². The second kappa shape index (κ2) is 4.67. The van der Waals surface area contributed by atoms with Crippen molar-refractivity contribution < 1.29 is 9.59 Å². The van der Waals surface area contributed by atoms with E-state index >= 15 is 0 Å². The minimum atomic E-state index is -0.158. The van der Waals surface area contributed by atoms with E-state index in [4.69, 9.17) is 5.73 Å². The number of nitrogens with two attached hydrogens (primary N) is 1. The third-order valence-corrected chi connectivity index (χ3v) is 4.52. The van der Waals surface area contributed by atoms with Crippen LogP contribution in [0.3, 0.4) is 0 Å². The highest BCUT2D eigenvalue weighted by Gasteiger charge is 2.33. The van der Waals surface area contributed by atoms with Crippen molar-refractivity contribution in [2.75, 3.05) is 0 Å². The van der Waals surface area contributed by atoms with Gasteiger partial charge in [-0.2, -0.15) is 0 Å². The summed E-state index contributed by atoms with van der Waals surface area (Å²) in [6.07, 6.45) is 0. The number of rotatable bonds is 1. The number of benzene rings is 1. The smallest absolute Gasteiger partial charge is 0.190 e. The number of carbonyl (C=O) groups excluding carboxylic acids is 2. The maximum absolute atomic E-state index is 12.6. The van der Waals surface area contributed by atoms with E-state index in [9.17, 15) is 9.59 Å². The van der Waals surface area contributed by atoms with Crippen LogP contribution in [0, 0.1) is 20.8 Å². The van der Waals surface area contributed by atoms with E-state index in [-0.39, 0.29) is 17.6 Å². The highest BCUT2D eigenvalue weighted by Crippen LogP contribution is 2.36. The monoisotopic (exact) mass is 271 g/mol. The summed E-state index contributed by atoms with van der Waals surface area (Å²) in [5.41, 5.74) is 12.0. The Morgan fingerprint density at radius 3 is 1.55 bits per heavy atom. The standard InChI is InChI=1S/C17H21NO2/c1-7-8(2)14-15(11(5)13(7)12(6)18)17(20)10(4)9(3)16(14)19/h12H,18H2,1-6H3. The number of hydrogen-bond donors (Lipinski definition) is 1. The van der Waals surface area contributed by atoms with Crippen molar-refractivity contribution in [1.82, 2.24) is 0 Å². The van der Waals surface area contributed by atoms with Crippen LogP contribution in [0.25, 0.3) is 0 Å². The fraction of sp³-hybridized carbons (Fsp3) is 0.412. The molecule has 3 nitrogen and oxygen atoms in total. The van der Waals surface area contributed by atoms with E-state index in [2.05, 4.69) is 0 Å². The minimum absolute atomic E-state index is 0.0305. The first-order valence-corrected chi connectivity index (χ1v) is 6.86. The molecule has 2 rings (SSSR count). The number of carbonyl (C=O) groups is 2. The molecule has 106 valence electrons. The van der Waals surface area contributed by atoms with Crippen LogP contribution in [-0.4, -0.2) is 11.6 Å². The second-order valence-corrected chi connectivity index (χ2v) is 5.74. The summed E-state index contributed by atoms with van der Waals surface area (Å²) in [6.45, 7) is 11.1. The van der Waals surface area contributed by atoms with E-state index in [1.54, 1.807) is 13.8 Å². The first-order valence-electron chi connectivity index (χ1n) is 6.86. The molecule has 0 heterocycles. The van der Waals surface area contributed by atoms with Crippen LogP contribution in [0.15, 0.2) is 11.1 Å². The molecule has 2 N–H and O–H groups in total. The predicted octanol–water partition coefficient (Wildman–Crippen LogP) is 3.35. The predicted molar refractivity (Wildman–Crippen MR) is 80.3 cm³/mol. The molecule has 20 heavy (non-hydrogen) atoms. The lowest BCUT2D eigenvalue weighted by Crippen LogP contribution is -2.25. The molecule has 1 unspecified atom stereocenters. The van der Waals surface area contributed by atoms with Gasteiger partial charge in [-0.05, 0) is 63.8 Å². The Morgan fingerprint density at radius 2 is 1.15 bits per heavy atom. The molecule has 0 bridgehead atoms. The van der Waals surface area contributed by atoms with E-state index in [1.165, 1.54) is 0 Å². The second-order valence-electron chi connectivity index (χ2n) is 5.74. The van der Waals surface area contributed by atoms with Crippen molar-refractivity contribution in [1.29, 1.82) is 0 Å². The Hall–Kier alpha value is -1.74. The molecule has 1 aromatic rings. The van der Waals surface area contributed by atoms with E-state index in [0.29, 0.717) is 22.3 Å². The van der Waals surface area contributed by atoms with Gasteiger partial charge in [-0.15, -0.1) is 0 Å². The molecular weight excluding hydrogens is 250 g/mol. The molecule has 0 fully saturated rings. The normalized spacial score (nSPS) is 16.6. The van der Waals surface area contributed by atoms with E-state index in [0.717, 1.165) is 22.3 Å². The van der Waals surface area contributed by atoms with Gasteiger partial charge in [-0.25, -0.2) is 0 Å². The maximum Gasteiger partial charge on any atom is 0.190 e. The number of ketones is 2. The molecular formula is C17H21NO2. The van der Waals surface area contributed by atoms with E-state index in [1.807, 2.05) is 27.7 Å². The summed E-state index contributed by atoms with van der Waals surface area (Å²) < 4.78 is 0. The van der Waals surface area contributed by atoms with Crippen molar-refractivity contribution in [3.05, 3.63) is 44.5 Å². The molecule has 0 radical (unpaired) electrons. The molecule has 3 heteroatoms. The zero-order valence-electron chi connectivity index (χ0n) is 13.0. The van der Waals surface area contributed by atoms with Gasteiger partial charge in [0.1, 0.15) is 0 Å². The zero-order valence-corrected chi connectivity index (χ0v) is 13.0. The Morgan fingerprint density at radius 1 is 0.750 bits per heavy atom. The summed E-state index contributed by atoms with van der Waals surface area (Å²) in [5, 5.41) is 0. The topological polar surface area (TPSA) is 60.2 Å². The van der Waals surface area contributed by atoms with Gasteiger partial charge in [0.25, 0.3) is 0 Å². The molecule has 1 aromatic carbocycles. The third-order valence-electron chi connectivity index (χ3n) is 4.52. The fourth-order valence-corrected chi connectivity index (χ4v) is 3.15. The van der Waals surface area contributed by atoms with Crippen LogP contribution in [0.1, 0.15) is 69.8 Å². The lowest BCUT2D eigenvalue weighted by Gasteiger charge is -2.26. The van der Waals surface area contributed by atoms with Crippen molar-refractivity contribution in [3.63, 3.8) is 0 Å². The Kier molecular flexibility index (Phi) is 3.42. The highest BCUT2D eigenvalue weighted by atomic mass is 16.1. The largest absolute Gasteiger partial charge is 0.324 e. The lowest BCUT2D eigenvalue weighted by atomic mass is 9.76. The van der Waals surface area contributed by atoms with E-state index < -0.39 is 0 Å². The van der Waals surface area contributed by atoms with Crippen LogP contribution in [-0.2, 0) is 0 Å². The average Bonchev–Trinajstić information content (AvgIpc) is 2.37. The Balaban J connectivity index is 2.95. The van der Waals surface area contributed by atoms with Gasteiger partial charge < -0.3 is 5.73 Å².